The van der Waals surface area contributed by atoms with Crippen molar-refractivity contribution in [3.8, 4) is 0 Å². The Labute approximate surface area is 112 Å². The van der Waals surface area contributed by atoms with E-state index in [-0.39, 0.29) is 44.8 Å². The first-order valence-corrected chi connectivity index (χ1v) is 3.06. The molecule has 0 aliphatic heterocycles. The van der Waals surface area contributed by atoms with Crippen LogP contribution in [0.15, 0.2) is 36.5 Å². The summed E-state index contributed by atoms with van der Waals surface area (Å²) in [5.74, 6) is -2.60. The maximum absolute atomic E-state index is 9.79. The molecule has 0 saturated heterocycles. The Kier molecular flexibility index (Phi) is 17.4. The van der Waals surface area contributed by atoms with Gasteiger partial charge >= 0.3 is 44.8 Å². The van der Waals surface area contributed by atoms with Crippen LogP contribution in [0.2, 0.25) is 0 Å². The van der Waals surface area contributed by atoms with Gasteiger partial charge in [0.15, 0.2) is 0 Å². The summed E-state index contributed by atoms with van der Waals surface area (Å²) in [6.07, 6.45) is 6.79. The van der Waals surface area contributed by atoms with Crippen molar-refractivity contribution in [2.24, 2.45) is 0 Å². The molecule has 84 valence electrons. The average molecular weight is 382 g/mol. The molecule has 14 heavy (non-hydrogen) atoms. The van der Waals surface area contributed by atoms with Gasteiger partial charge in [-0.1, -0.05) is 24.3 Å². The topological polar surface area (TPSA) is 80.3 Å². The summed E-state index contributed by atoms with van der Waals surface area (Å²) in [7, 11) is 0. The second-order valence-corrected chi connectivity index (χ2v) is 1.74. The van der Waals surface area contributed by atoms with Gasteiger partial charge in [0.2, 0.25) is 0 Å². The number of aliphatic carboxylic acids is 2. The van der Waals surface area contributed by atoms with Gasteiger partial charge in [-0.3, -0.25) is 0 Å². The first-order valence-electron chi connectivity index (χ1n) is 3.06. The molecule has 0 amide bonds. The zero-order valence-corrected chi connectivity index (χ0v) is 9.66. The molecule has 0 N–H and O–H groups in total. The van der Waals surface area contributed by atoms with E-state index in [4.69, 9.17) is 0 Å². The van der Waals surface area contributed by atoms with Gasteiger partial charge in [-0.2, -0.15) is 0 Å². The Bertz CT molecular complexity index is 230. The van der Waals surface area contributed by atoms with Gasteiger partial charge in [-0.05, 0) is 12.2 Å². The van der Waals surface area contributed by atoms with Gasteiger partial charge in [0.05, 0.1) is 11.9 Å². The quantitative estimate of drug-likeness (QED) is 0.325. The zero-order chi connectivity index (χ0) is 9.40. The molecule has 0 fully saturated rings. The van der Waals surface area contributed by atoms with E-state index in [9.17, 15) is 19.8 Å². The normalized spacial score (nSPS) is 10.0. The van der Waals surface area contributed by atoms with Gasteiger partial charge in [-0.25, -0.2) is 0 Å². The van der Waals surface area contributed by atoms with Crippen molar-refractivity contribution in [3.63, 3.8) is 0 Å². The van der Waals surface area contributed by atoms with Crippen LogP contribution >= 0.6 is 0 Å². The van der Waals surface area contributed by atoms with E-state index in [1.807, 2.05) is 0 Å². The van der Waals surface area contributed by atoms with Crippen LogP contribution in [-0.4, -0.2) is 11.9 Å². The first-order chi connectivity index (χ1) is 5.63. The van der Waals surface area contributed by atoms with E-state index in [2.05, 4.69) is 0 Å². The number of carboxylic acids is 2. The van der Waals surface area contributed by atoms with Crippen LogP contribution < -0.4 is 10.2 Å². The fraction of sp³-hybridized carbons (Fsp3) is 0. The molecule has 0 saturated carbocycles. The molecule has 0 atom stereocenters. The van der Waals surface area contributed by atoms with Crippen LogP contribution in [-0.2, 0) is 54.3 Å². The summed E-state index contributed by atoms with van der Waals surface area (Å²) in [5.41, 5.74) is 0. The third-order valence-corrected chi connectivity index (χ3v) is 0.798. The van der Waals surface area contributed by atoms with Crippen molar-refractivity contribution >= 4 is 11.9 Å². The minimum absolute atomic E-state index is 0. The Morgan fingerprint density at radius 3 is 1.21 bits per heavy atom. The van der Waals surface area contributed by atoms with Gasteiger partial charge in [0, 0.05) is 0 Å². The maximum atomic E-state index is 9.79. The average Bonchev–Trinajstić information content (AvgIpc) is 1.95. The third kappa shape index (κ3) is 17.7. The van der Waals surface area contributed by atoms with E-state index in [0.717, 1.165) is 12.2 Å². The second-order valence-electron chi connectivity index (χ2n) is 1.74. The van der Waals surface area contributed by atoms with Crippen LogP contribution in [0.4, 0.5) is 0 Å². The standard InChI is InChI=1S/C8H8O4.2Ag/c9-7(10)5-3-1-2-4-6-8(11)12;;/h1-6H,(H,9,10)(H,11,12);;/q;2*+1/p-2. The summed E-state index contributed by atoms with van der Waals surface area (Å²) in [4.78, 5) is 19.6. The van der Waals surface area contributed by atoms with E-state index >= 15 is 0 Å². The number of carbonyl (C=O) groups is 2. The summed E-state index contributed by atoms with van der Waals surface area (Å²) in [6.45, 7) is 0. The molecule has 0 aromatic heterocycles. The van der Waals surface area contributed by atoms with Crippen molar-refractivity contribution in [3.05, 3.63) is 36.5 Å². The molecule has 0 aromatic rings. The molecule has 0 heterocycles. The van der Waals surface area contributed by atoms with E-state index in [1.165, 1.54) is 24.3 Å². The van der Waals surface area contributed by atoms with Crippen molar-refractivity contribution in [1.82, 2.24) is 0 Å². The van der Waals surface area contributed by atoms with Crippen LogP contribution in [0, 0.1) is 0 Å². The van der Waals surface area contributed by atoms with Gasteiger partial charge < -0.3 is 19.8 Å². The van der Waals surface area contributed by atoms with Crippen LogP contribution in [0.3, 0.4) is 0 Å². The first kappa shape index (κ1) is 19.3. The minimum Gasteiger partial charge on any atom is -0.545 e. The summed E-state index contributed by atoms with van der Waals surface area (Å²) in [5, 5.41) is 19.6. The molecule has 0 spiro atoms. The molecule has 0 radical (unpaired) electrons. The summed E-state index contributed by atoms with van der Waals surface area (Å²) < 4.78 is 0. The van der Waals surface area contributed by atoms with Crippen molar-refractivity contribution in [2.75, 3.05) is 0 Å². The zero-order valence-electron chi connectivity index (χ0n) is 6.70. The van der Waals surface area contributed by atoms with E-state index < -0.39 is 11.9 Å². The fourth-order valence-electron chi connectivity index (χ4n) is 0.397. The molecule has 6 heteroatoms. The molecule has 0 aliphatic rings. The third-order valence-electron chi connectivity index (χ3n) is 0.798. The molecule has 0 rings (SSSR count). The Morgan fingerprint density at radius 1 is 0.714 bits per heavy atom. The predicted molar refractivity (Wildman–Crippen MR) is 37.4 cm³/mol. The number of carbonyl (C=O) groups excluding carboxylic acids is 2. The predicted octanol–water partition coefficient (Wildman–Crippen LogP) is -1.85. The number of allylic oxidation sites excluding steroid dienone is 4. The Balaban J connectivity index is -0.000000605. The van der Waals surface area contributed by atoms with Crippen molar-refractivity contribution in [1.29, 1.82) is 0 Å². The minimum atomic E-state index is -1.30. The second kappa shape index (κ2) is 12.6. The van der Waals surface area contributed by atoms with Gasteiger partial charge in [0.1, 0.15) is 0 Å². The maximum Gasteiger partial charge on any atom is 1.00 e. The Morgan fingerprint density at radius 2 is 1.00 bits per heavy atom. The summed E-state index contributed by atoms with van der Waals surface area (Å²) >= 11 is 0. The number of rotatable bonds is 4. The molecular formula is C8H6Ag2O4. The number of hydrogen-bond donors (Lipinski definition) is 0. The largest absolute Gasteiger partial charge is 1.00 e. The fourth-order valence-corrected chi connectivity index (χ4v) is 0.397. The molecule has 0 aromatic carbocycles. The van der Waals surface area contributed by atoms with Crippen molar-refractivity contribution < 1.29 is 64.6 Å². The van der Waals surface area contributed by atoms with Crippen molar-refractivity contribution in [2.45, 2.75) is 0 Å². The molecule has 0 aliphatic carbocycles. The van der Waals surface area contributed by atoms with E-state index in [0.29, 0.717) is 0 Å². The van der Waals surface area contributed by atoms with Crippen LogP contribution in [0.1, 0.15) is 0 Å². The molecule has 0 bridgehead atoms. The molecule has 4 nitrogen and oxygen atoms in total. The molecular weight excluding hydrogens is 376 g/mol. The van der Waals surface area contributed by atoms with E-state index in [1.54, 1.807) is 0 Å². The van der Waals surface area contributed by atoms with Crippen LogP contribution in [0.5, 0.6) is 0 Å². The SMILES string of the molecule is O=C([O-])C=CC=CC=CC(=O)[O-].[Ag+].[Ag+]. The number of hydrogen-bond acceptors (Lipinski definition) is 4. The van der Waals surface area contributed by atoms with Crippen LogP contribution in [0.25, 0.3) is 0 Å². The van der Waals surface area contributed by atoms with Gasteiger partial charge in [-0.15, -0.1) is 0 Å². The molecule has 0 unspecified atom stereocenters. The number of carboxylic acid groups (broad SMARTS) is 2. The summed E-state index contributed by atoms with van der Waals surface area (Å²) in [6, 6.07) is 0. The Hall–Kier alpha value is -0.359. The van der Waals surface area contributed by atoms with Gasteiger partial charge in [0.25, 0.3) is 0 Å². The smallest absolute Gasteiger partial charge is 0.545 e. The monoisotopic (exact) mass is 380 g/mol.